The van der Waals surface area contributed by atoms with E-state index in [-0.39, 0.29) is 11.9 Å². The summed E-state index contributed by atoms with van der Waals surface area (Å²) in [6.45, 7) is 4.75. The summed E-state index contributed by atoms with van der Waals surface area (Å²) in [6.07, 6.45) is 0. The maximum Gasteiger partial charge on any atom is 0.433 e. The summed E-state index contributed by atoms with van der Waals surface area (Å²) in [6, 6.07) is 4.89. The monoisotopic (exact) mass is 344 g/mol. The van der Waals surface area contributed by atoms with E-state index in [0.717, 1.165) is 15.9 Å². The molecule has 0 aliphatic carbocycles. The molecule has 0 spiro atoms. The lowest BCUT2D eigenvalue weighted by molar-refractivity contribution is -0.402. The molecule has 2 heterocycles. The second-order valence-corrected chi connectivity index (χ2v) is 6.12. The third-order valence-corrected chi connectivity index (χ3v) is 4.85. The van der Waals surface area contributed by atoms with Gasteiger partial charge < -0.3 is 9.73 Å². The highest BCUT2D eigenvalue weighted by Crippen LogP contribution is 2.35. The Morgan fingerprint density at radius 1 is 1.58 bits per heavy atom. The van der Waals surface area contributed by atoms with Crippen LogP contribution in [-0.2, 0) is 0 Å². The van der Waals surface area contributed by atoms with Crippen LogP contribution in [0.25, 0.3) is 0 Å². The summed E-state index contributed by atoms with van der Waals surface area (Å²) < 4.78 is 6.33. The van der Waals surface area contributed by atoms with Crippen LogP contribution in [0.3, 0.4) is 0 Å². The molecule has 0 aromatic carbocycles. The highest BCUT2D eigenvalue weighted by atomic mass is 79.9. The minimum Gasteiger partial charge on any atom is -0.404 e. The Bertz CT molecular complexity index is 574. The molecule has 2 aromatic rings. The van der Waals surface area contributed by atoms with E-state index in [0.29, 0.717) is 5.76 Å². The second kappa shape index (κ2) is 5.85. The first-order chi connectivity index (χ1) is 9.02. The van der Waals surface area contributed by atoms with Gasteiger partial charge in [-0.2, -0.15) is 0 Å². The van der Waals surface area contributed by atoms with Gasteiger partial charge in [0.1, 0.15) is 16.7 Å². The molecular weight excluding hydrogens is 332 g/mol. The van der Waals surface area contributed by atoms with Crippen LogP contribution in [0.4, 0.5) is 5.88 Å². The normalized spacial score (nSPS) is 12.6. The number of nitrogens with zero attached hydrogens (tertiary/aromatic N) is 1. The van der Waals surface area contributed by atoms with Gasteiger partial charge in [-0.3, -0.25) is 10.1 Å². The van der Waals surface area contributed by atoms with E-state index < -0.39 is 4.92 Å². The number of thiophene rings is 1. The molecule has 0 saturated heterocycles. The van der Waals surface area contributed by atoms with Crippen LogP contribution in [0.5, 0.6) is 0 Å². The summed E-state index contributed by atoms with van der Waals surface area (Å²) >= 11 is 5.12. The number of halogens is 1. The van der Waals surface area contributed by atoms with Crippen molar-refractivity contribution in [3.63, 3.8) is 0 Å². The number of aryl methyl sites for hydroxylation is 1. The molecule has 102 valence electrons. The molecule has 0 saturated carbocycles. The van der Waals surface area contributed by atoms with Gasteiger partial charge in [0, 0.05) is 14.2 Å². The molecule has 0 bridgehead atoms. The zero-order valence-electron chi connectivity index (χ0n) is 10.5. The molecule has 0 amide bonds. The average Bonchev–Trinajstić information content (AvgIpc) is 2.95. The van der Waals surface area contributed by atoms with E-state index in [2.05, 4.69) is 21.2 Å². The fourth-order valence-corrected chi connectivity index (χ4v) is 3.41. The van der Waals surface area contributed by atoms with Crippen molar-refractivity contribution >= 4 is 33.2 Å². The topological polar surface area (TPSA) is 68.3 Å². The van der Waals surface area contributed by atoms with Crippen LogP contribution >= 0.6 is 27.3 Å². The average molecular weight is 345 g/mol. The van der Waals surface area contributed by atoms with E-state index in [1.165, 1.54) is 10.9 Å². The highest BCUT2D eigenvalue weighted by Gasteiger charge is 2.22. The van der Waals surface area contributed by atoms with Crippen molar-refractivity contribution in [1.82, 2.24) is 5.32 Å². The quantitative estimate of drug-likeness (QED) is 0.656. The van der Waals surface area contributed by atoms with Gasteiger partial charge in [0.05, 0.1) is 6.07 Å². The molecule has 5 nitrogen and oxygen atoms in total. The van der Waals surface area contributed by atoms with Crippen LogP contribution < -0.4 is 5.32 Å². The molecule has 2 rings (SSSR count). The number of hydrogen-bond donors (Lipinski definition) is 1. The molecule has 2 aromatic heterocycles. The van der Waals surface area contributed by atoms with Crippen LogP contribution in [0.15, 0.2) is 27.1 Å². The van der Waals surface area contributed by atoms with E-state index in [1.807, 2.05) is 19.9 Å². The summed E-state index contributed by atoms with van der Waals surface area (Å²) in [7, 11) is 0. The fraction of sp³-hybridized carbons (Fsp3) is 0.333. The Morgan fingerprint density at radius 3 is 2.79 bits per heavy atom. The van der Waals surface area contributed by atoms with E-state index in [4.69, 9.17) is 4.42 Å². The van der Waals surface area contributed by atoms with Crippen molar-refractivity contribution in [2.45, 2.75) is 19.9 Å². The Kier molecular flexibility index (Phi) is 4.38. The fourth-order valence-electron chi connectivity index (χ4n) is 1.76. The van der Waals surface area contributed by atoms with Crippen LogP contribution in [0, 0.1) is 17.0 Å². The molecule has 0 radical (unpaired) electrons. The SMILES string of the molecule is CCNC(c1ccc([N+](=O)[O-])o1)c1cc(Br)c(C)s1. The first-order valence-corrected chi connectivity index (χ1v) is 7.37. The molecule has 1 unspecified atom stereocenters. The molecule has 19 heavy (non-hydrogen) atoms. The summed E-state index contributed by atoms with van der Waals surface area (Å²) in [4.78, 5) is 12.4. The number of hydrogen-bond acceptors (Lipinski definition) is 5. The molecule has 7 heteroatoms. The van der Waals surface area contributed by atoms with Crippen molar-refractivity contribution in [3.05, 3.63) is 48.3 Å². The first-order valence-electron chi connectivity index (χ1n) is 5.76. The van der Waals surface area contributed by atoms with Crippen molar-refractivity contribution in [3.8, 4) is 0 Å². The van der Waals surface area contributed by atoms with Crippen LogP contribution in [0.1, 0.15) is 28.5 Å². The van der Waals surface area contributed by atoms with Gasteiger partial charge in [0.2, 0.25) is 0 Å². The largest absolute Gasteiger partial charge is 0.433 e. The van der Waals surface area contributed by atoms with Gasteiger partial charge in [-0.05, 0) is 41.5 Å². The van der Waals surface area contributed by atoms with E-state index >= 15 is 0 Å². The maximum atomic E-state index is 10.7. The van der Waals surface area contributed by atoms with Gasteiger partial charge in [0.15, 0.2) is 0 Å². The molecule has 1 atom stereocenters. The second-order valence-electron chi connectivity index (χ2n) is 3.98. The summed E-state index contributed by atoms with van der Waals surface area (Å²) in [5.74, 6) is 0.326. The smallest absolute Gasteiger partial charge is 0.404 e. The van der Waals surface area contributed by atoms with E-state index in [9.17, 15) is 10.1 Å². The van der Waals surface area contributed by atoms with Gasteiger partial charge in [0.25, 0.3) is 0 Å². The molecule has 1 N–H and O–H groups in total. The molecule has 0 aliphatic heterocycles. The lowest BCUT2D eigenvalue weighted by atomic mass is 10.2. The standard InChI is InChI=1S/C12H13BrN2O3S/c1-3-14-12(10-6-8(13)7(2)19-10)9-4-5-11(18-9)15(16)17/h4-6,12,14H,3H2,1-2H3. The number of nitrogens with one attached hydrogen (secondary N) is 1. The van der Waals surface area contributed by atoms with Crippen molar-refractivity contribution in [2.75, 3.05) is 6.54 Å². The zero-order chi connectivity index (χ0) is 14.0. The van der Waals surface area contributed by atoms with Crippen molar-refractivity contribution in [2.24, 2.45) is 0 Å². The minimum absolute atomic E-state index is 0.159. The third-order valence-electron chi connectivity index (χ3n) is 2.65. The Labute approximate surface area is 122 Å². The molecule has 0 aliphatic rings. The third kappa shape index (κ3) is 3.05. The van der Waals surface area contributed by atoms with Crippen molar-refractivity contribution in [1.29, 1.82) is 0 Å². The van der Waals surface area contributed by atoms with Gasteiger partial charge in [-0.1, -0.05) is 6.92 Å². The first kappa shape index (κ1) is 14.2. The zero-order valence-corrected chi connectivity index (χ0v) is 12.9. The van der Waals surface area contributed by atoms with Crippen LogP contribution in [0.2, 0.25) is 0 Å². The Hall–Kier alpha value is -1.18. The maximum absolute atomic E-state index is 10.7. The predicted molar refractivity (Wildman–Crippen MR) is 77.6 cm³/mol. The van der Waals surface area contributed by atoms with Crippen molar-refractivity contribution < 1.29 is 9.34 Å². The van der Waals surface area contributed by atoms with Gasteiger partial charge in [-0.15, -0.1) is 11.3 Å². The number of nitro groups is 1. The number of furan rings is 1. The summed E-state index contributed by atoms with van der Waals surface area (Å²) in [5.41, 5.74) is 0. The summed E-state index contributed by atoms with van der Waals surface area (Å²) in [5, 5.41) is 14.0. The van der Waals surface area contributed by atoms with Gasteiger partial charge in [-0.25, -0.2) is 0 Å². The Balaban J connectivity index is 2.35. The van der Waals surface area contributed by atoms with E-state index in [1.54, 1.807) is 17.4 Å². The predicted octanol–water partition coefficient (Wildman–Crippen LogP) is 4.02. The minimum atomic E-state index is -0.526. The Morgan fingerprint density at radius 2 is 2.32 bits per heavy atom. The number of rotatable bonds is 5. The lowest BCUT2D eigenvalue weighted by Crippen LogP contribution is -2.20. The molecular formula is C12H13BrN2O3S. The van der Waals surface area contributed by atoms with Gasteiger partial charge >= 0.3 is 5.88 Å². The van der Waals surface area contributed by atoms with Crippen LogP contribution in [-0.4, -0.2) is 11.5 Å². The highest BCUT2D eigenvalue weighted by molar-refractivity contribution is 9.10. The molecule has 0 fully saturated rings. The lowest BCUT2D eigenvalue weighted by Gasteiger charge is -2.13.